The van der Waals surface area contributed by atoms with Crippen LogP contribution in [0.1, 0.15) is 52.5 Å². The van der Waals surface area contributed by atoms with Gasteiger partial charge in [0.2, 0.25) is 0 Å². The molecule has 3 heteroatoms. The zero-order valence-corrected chi connectivity index (χ0v) is 17.2. The average molecular weight is 364 g/mol. The maximum absolute atomic E-state index is 4.83. The summed E-state index contributed by atoms with van der Waals surface area (Å²) in [6, 6.07) is 19.0. The summed E-state index contributed by atoms with van der Waals surface area (Å²) >= 11 is 0. The van der Waals surface area contributed by atoms with Crippen molar-refractivity contribution in [1.82, 2.24) is 0 Å². The highest BCUT2D eigenvalue weighted by Gasteiger charge is 2.09. The number of hydrogen-bond acceptors (Lipinski definition) is 3. The number of nitrogens with zero attached hydrogens (tertiary/aromatic N) is 3. The van der Waals surface area contributed by atoms with Crippen molar-refractivity contribution in [2.45, 2.75) is 47.0 Å². The summed E-state index contributed by atoms with van der Waals surface area (Å²) in [6.45, 7) is 10.8. The average Bonchev–Trinajstić information content (AvgIpc) is 2.73. The molecule has 0 atom stereocenters. The molecule has 0 fully saturated rings. The monoisotopic (exact) mass is 363 g/mol. The number of allylic oxidation sites excluding steroid dienone is 2. The number of rotatable bonds is 10. The lowest BCUT2D eigenvalue weighted by atomic mass is 10.2. The topological polar surface area (TPSA) is 18.8 Å². The molecule has 0 saturated heterocycles. The molecule has 0 spiro atoms. The van der Waals surface area contributed by atoms with E-state index in [-0.39, 0.29) is 0 Å². The minimum absolute atomic E-state index is 0.952. The quantitative estimate of drug-likeness (QED) is 0.356. The molecule has 0 N–H and O–H groups in total. The van der Waals surface area contributed by atoms with Gasteiger partial charge in [-0.1, -0.05) is 56.7 Å². The van der Waals surface area contributed by atoms with E-state index in [0.29, 0.717) is 0 Å². The predicted molar refractivity (Wildman–Crippen MR) is 120 cm³/mol. The van der Waals surface area contributed by atoms with Crippen LogP contribution in [0.2, 0.25) is 0 Å². The van der Waals surface area contributed by atoms with Crippen molar-refractivity contribution in [3.8, 4) is 0 Å². The first-order chi connectivity index (χ1) is 13.2. The normalized spacial score (nSPS) is 11.8. The molecule has 0 unspecified atom stereocenters. The Labute approximate surface area is 165 Å². The van der Waals surface area contributed by atoms with Gasteiger partial charge in [0, 0.05) is 24.5 Å². The number of benzene rings is 2. The van der Waals surface area contributed by atoms with E-state index in [2.05, 4.69) is 92.2 Å². The molecular formula is C24H33N3. The van der Waals surface area contributed by atoms with E-state index < -0.39 is 0 Å². The van der Waals surface area contributed by atoms with Crippen LogP contribution >= 0.6 is 0 Å². The van der Waals surface area contributed by atoms with Crippen molar-refractivity contribution in [2.24, 2.45) is 5.10 Å². The Kier molecular flexibility index (Phi) is 8.63. The number of para-hydroxylation sites is 1. The van der Waals surface area contributed by atoms with Crippen LogP contribution in [-0.2, 0) is 0 Å². The largest absolute Gasteiger partial charge is 0.372 e. The maximum Gasteiger partial charge on any atom is 0.0648 e. The van der Waals surface area contributed by atoms with Gasteiger partial charge in [0.25, 0.3) is 0 Å². The molecule has 144 valence electrons. The summed E-state index contributed by atoms with van der Waals surface area (Å²) in [6.07, 6.45) is 7.42. The van der Waals surface area contributed by atoms with E-state index in [1.807, 2.05) is 12.3 Å². The third kappa shape index (κ3) is 5.99. The van der Waals surface area contributed by atoms with E-state index in [1.165, 1.54) is 11.4 Å². The molecule has 2 aromatic rings. The van der Waals surface area contributed by atoms with Gasteiger partial charge in [0.1, 0.15) is 0 Å². The van der Waals surface area contributed by atoms with Crippen LogP contribution in [0.5, 0.6) is 0 Å². The molecule has 0 aromatic heterocycles. The second kappa shape index (κ2) is 11.2. The van der Waals surface area contributed by atoms with Crippen molar-refractivity contribution >= 4 is 17.6 Å². The Morgan fingerprint density at radius 1 is 0.852 bits per heavy atom. The third-order valence-corrected chi connectivity index (χ3v) is 4.65. The lowest BCUT2D eigenvalue weighted by Gasteiger charge is -2.22. The molecule has 0 aliphatic carbocycles. The second-order valence-electron chi connectivity index (χ2n) is 6.49. The van der Waals surface area contributed by atoms with E-state index in [0.717, 1.165) is 43.6 Å². The molecule has 3 nitrogen and oxygen atoms in total. The highest BCUT2D eigenvalue weighted by Crippen LogP contribution is 2.22. The van der Waals surface area contributed by atoms with Gasteiger partial charge in [-0.05, 0) is 56.5 Å². The van der Waals surface area contributed by atoms with E-state index in [1.54, 1.807) is 0 Å². The molecule has 2 aromatic carbocycles. The summed E-state index contributed by atoms with van der Waals surface area (Å²) in [5.74, 6) is 0. The standard InChI is InChI=1S/C24H33N3/c1-5-9-13-22(6-2)27(24-14-11-10-12-15-24)25-20-21-16-18-23(19-17-21)26(7-3)8-4/h10-20H,5-9H2,1-4H3/b22-13+,25-20+. The summed E-state index contributed by atoms with van der Waals surface area (Å²) in [4.78, 5) is 2.35. The zero-order chi connectivity index (χ0) is 19.5. The van der Waals surface area contributed by atoms with Crippen LogP contribution in [0.25, 0.3) is 0 Å². The Morgan fingerprint density at radius 2 is 1.52 bits per heavy atom. The van der Waals surface area contributed by atoms with Crippen LogP contribution in [0, 0.1) is 0 Å². The molecular weight excluding hydrogens is 330 g/mol. The summed E-state index contributed by atoms with van der Waals surface area (Å²) in [7, 11) is 0. The van der Waals surface area contributed by atoms with E-state index in [4.69, 9.17) is 5.10 Å². The maximum atomic E-state index is 4.83. The number of anilines is 2. The fourth-order valence-electron chi connectivity index (χ4n) is 3.05. The van der Waals surface area contributed by atoms with Crippen molar-refractivity contribution < 1.29 is 0 Å². The van der Waals surface area contributed by atoms with Crippen LogP contribution in [-0.4, -0.2) is 19.3 Å². The number of hydrazone groups is 1. The van der Waals surface area contributed by atoms with Gasteiger partial charge in [0.15, 0.2) is 0 Å². The van der Waals surface area contributed by atoms with Crippen molar-refractivity contribution in [2.75, 3.05) is 23.0 Å². The van der Waals surface area contributed by atoms with Gasteiger partial charge in [-0.3, -0.25) is 0 Å². The Balaban J connectivity index is 2.26. The van der Waals surface area contributed by atoms with Crippen molar-refractivity contribution in [1.29, 1.82) is 0 Å². The van der Waals surface area contributed by atoms with Gasteiger partial charge >= 0.3 is 0 Å². The molecule has 0 heterocycles. The minimum atomic E-state index is 0.952. The Morgan fingerprint density at radius 3 is 2.07 bits per heavy atom. The van der Waals surface area contributed by atoms with Gasteiger partial charge in [0.05, 0.1) is 11.9 Å². The van der Waals surface area contributed by atoms with Gasteiger partial charge in [-0.15, -0.1) is 0 Å². The lowest BCUT2D eigenvalue weighted by molar-refractivity contribution is 0.866. The molecule has 0 aliphatic heterocycles. The smallest absolute Gasteiger partial charge is 0.0648 e. The van der Waals surface area contributed by atoms with Crippen molar-refractivity contribution in [3.05, 3.63) is 71.9 Å². The highest BCUT2D eigenvalue weighted by atomic mass is 15.5. The Bertz CT molecular complexity index is 713. The summed E-state index contributed by atoms with van der Waals surface area (Å²) in [5.41, 5.74) is 4.70. The molecule has 0 amide bonds. The van der Waals surface area contributed by atoms with Gasteiger partial charge in [-0.2, -0.15) is 5.10 Å². The molecule has 0 saturated carbocycles. The number of unbranched alkanes of at least 4 members (excludes halogenated alkanes) is 1. The number of hydrogen-bond donors (Lipinski definition) is 0. The second-order valence-corrected chi connectivity index (χ2v) is 6.49. The first kappa shape index (κ1) is 20.8. The Hall–Kier alpha value is -2.55. The van der Waals surface area contributed by atoms with Crippen LogP contribution in [0.15, 0.2) is 71.5 Å². The molecule has 2 rings (SSSR count). The summed E-state index contributed by atoms with van der Waals surface area (Å²) < 4.78 is 0. The third-order valence-electron chi connectivity index (χ3n) is 4.65. The fraction of sp³-hybridized carbons (Fsp3) is 0.375. The van der Waals surface area contributed by atoms with Crippen LogP contribution in [0.3, 0.4) is 0 Å². The fourth-order valence-corrected chi connectivity index (χ4v) is 3.05. The SMILES string of the molecule is CCC/C=C(\CC)N(/N=C/c1ccc(N(CC)CC)cc1)c1ccccc1. The van der Waals surface area contributed by atoms with Gasteiger partial charge < -0.3 is 4.90 Å². The van der Waals surface area contributed by atoms with Crippen molar-refractivity contribution in [3.63, 3.8) is 0 Å². The first-order valence-corrected chi connectivity index (χ1v) is 10.2. The lowest BCUT2D eigenvalue weighted by Crippen LogP contribution is -2.21. The summed E-state index contributed by atoms with van der Waals surface area (Å²) in [5, 5.41) is 6.89. The van der Waals surface area contributed by atoms with Gasteiger partial charge in [-0.25, -0.2) is 5.01 Å². The van der Waals surface area contributed by atoms with E-state index >= 15 is 0 Å². The predicted octanol–water partition coefficient (Wildman–Crippen LogP) is 6.47. The zero-order valence-electron chi connectivity index (χ0n) is 17.2. The molecule has 0 radical (unpaired) electrons. The van der Waals surface area contributed by atoms with Crippen LogP contribution < -0.4 is 9.91 Å². The molecule has 0 bridgehead atoms. The minimum Gasteiger partial charge on any atom is -0.372 e. The first-order valence-electron chi connectivity index (χ1n) is 10.2. The molecule has 27 heavy (non-hydrogen) atoms. The molecule has 0 aliphatic rings. The van der Waals surface area contributed by atoms with Crippen LogP contribution in [0.4, 0.5) is 11.4 Å². The highest BCUT2D eigenvalue weighted by molar-refractivity contribution is 5.81. The van der Waals surface area contributed by atoms with E-state index in [9.17, 15) is 0 Å².